The summed E-state index contributed by atoms with van der Waals surface area (Å²) < 4.78 is 2.06. The Labute approximate surface area is 194 Å². The molecule has 164 valence electrons. The van der Waals surface area contributed by atoms with Crippen molar-refractivity contribution in [1.82, 2.24) is 24.5 Å². The van der Waals surface area contributed by atoms with Crippen LogP contribution >= 0.6 is 11.3 Å². The van der Waals surface area contributed by atoms with Crippen molar-refractivity contribution in [1.29, 1.82) is 0 Å². The molecule has 0 spiro atoms. The number of nitrogens with zero attached hydrogens (tertiary/aromatic N) is 6. The van der Waals surface area contributed by atoms with Crippen LogP contribution in [-0.4, -0.2) is 56.6 Å². The quantitative estimate of drug-likeness (QED) is 0.407. The molecule has 0 aliphatic carbocycles. The molecule has 0 atom stereocenters. The van der Waals surface area contributed by atoms with Crippen LogP contribution in [-0.2, 0) is 0 Å². The van der Waals surface area contributed by atoms with Gasteiger partial charge in [-0.2, -0.15) is 0 Å². The summed E-state index contributed by atoms with van der Waals surface area (Å²) >= 11 is 1.64. The van der Waals surface area contributed by atoms with Gasteiger partial charge in [0.2, 0.25) is 5.95 Å². The topological polar surface area (TPSA) is 66.6 Å². The third kappa shape index (κ3) is 3.43. The Morgan fingerprint density at radius 2 is 1.79 bits per heavy atom. The van der Waals surface area contributed by atoms with Gasteiger partial charge in [-0.15, -0.1) is 21.5 Å². The molecule has 0 radical (unpaired) electrons. The third-order valence-electron chi connectivity index (χ3n) is 6.08. The molecule has 1 fully saturated rings. The molecule has 1 amide bonds. The van der Waals surface area contributed by atoms with Gasteiger partial charge in [0.05, 0.1) is 10.4 Å². The maximum atomic E-state index is 13.0. The number of anilines is 1. The summed E-state index contributed by atoms with van der Waals surface area (Å²) in [5, 5.41) is 12.1. The molecule has 3 aromatic heterocycles. The smallest absolute Gasteiger partial charge is 0.253 e. The average molecular weight is 455 g/mol. The summed E-state index contributed by atoms with van der Waals surface area (Å²) in [5.41, 5.74) is 3.53. The number of benzene rings is 2. The predicted octanol–water partition coefficient (Wildman–Crippen LogP) is 4.28. The Hall–Kier alpha value is -3.78. The van der Waals surface area contributed by atoms with E-state index in [1.807, 2.05) is 71.8 Å². The van der Waals surface area contributed by atoms with Crippen LogP contribution in [0.5, 0.6) is 0 Å². The molecule has 33 heavy (non-hydrogen) atoms. The molecule has 0 N–H and O–H groups in total. The summed E-state index contributed by atoms with van der Waals surface area (Å²) in [6, 6.07) is 19.9. The van der Waals surface area contributed by atoms with E-state index in [2.05, 4.69) is 25.6 Å². The molecule has 0 saturated carbocycles. The van der Waals surface area contributed by atoms with Crippen LogP contribution < -0.4 is 4.90 Å². The Morgan fingerprint density at radius 3 is 2.58 bits per heavy atom. The van der Waals surface area contributed by atoms with Crippen molar-refractivity contribution in [3.63, 3.8) is 0 Å². The first-order chi connectivity index (χ1) is 16.2. The van der Waals surface area contributed by atoms with Crippen LogP contribution in [0.3, 0.4) is 0 Å². The molecule has 0 unspecified atom stereocenters. The van der Waals surface area contributed by atoms with Gasteiger partial charge in [-0.05, 0) is 42.6 Å². The number of carbonyl (C=O) groups excluding carboxylic acids is 1. The lowest BCUT2D eigenvalue weighted by Crippen LogP contribution is -2.49. The number of rotatable bonds is 3. The minimum atomic E-state index is 0.0820. The fourth-order valence-electron chi connectivity index (χ4n) is 4.41. The molecule has 2 aromatic carbocycles. The summed E-state index contributed by atoms with van der Waals surface area (Å²) in [7, 11) is 0. The highest BCUT2D eigenvalue weighted by atomic mass is 32.1. The average Bonchev–Trinajstić information content (AvgIpc) is 3.53. The van der Waals surface area contributed by atoms with E-state index in [1.54, 1.807) is 11.3 Å². The van der Waals surface area contributed by atoms with Gasteiger partial charge >= 0.3 is 0 Å². The van der Waals surface area contributed by atoms with Crippen LogP contribution in [0, 0.1) is 6.92 Å². The minimum absolute atomic E-state index is 0.0820. The van der Waals surface area contributed by atoms with Gasteiger partial charge in [0.25, 0.3) is 5.91 Å². The highest BCUT2D eigenvalue weighted by Gasteiger charge is 2.26. The lowest BCUT2D eigenvalue weighted by Gasteiger charge is -2.35. The number of thiophene rings is 1. The molecule has 1 aliphatic heterocycles. The second-order valence-corrected chi connectivity index (χ2v) is 9.19. The van der Waals surface area contributed by atoms with Gasteiger partial charge in [0, 0.05) is 37.1 Å². The van der Waals surface area contributed by atoms with Crippen LogP contribution in [0.1, 0.15) is 15.9 Å². The van der Waals surface area contributed by atoms with E-state index in [1.165, 1.54) is 0 Å². The van der Waals surface area contributed by atoms with Crippen molar-refractivity contribution in [3.05, 3.63) is 77.2 Å². The monoisotopic (exact) mass is 454 g/mol. The van der Waals surface area contributed by atoms with Crippen molar-refractivity contribution in [2.24, 2.45) is 0 Å². The molecule has 5 aromatic rings. The van der Waals surface area contributed by atoms with Crippen LogP contribution in [0.15, 0.2) is 66.0 Å². The second kappa shape index (κ2) is 7.97. The molecule has 8 heteroatoms. The highest BCUT2D eigenvalue weighted by Crippen LogP contribution is 2.30. The van der Waals surface area contributed by atoms with E-state index >= 15 is 0 Å². The molecule has 1 saturated heterocycles. The van der Waals surface area contributed by atoms with E-state index in [0.29, 0.717) is 26.2 Å². The third-order valence-corrected chi connectivity index (χ3v) is 6.95. The van der Waals surface area contributed by atoms with Crippen LogP contribution in [0.2, 0.25) is 0 Å². The first kappa shape index (κ1) is 19.9. The number of aromatic nitrogens is 4. The Balaban J connectivity index is 1.37. The Kier molecular flexibility index (Phi) is 4.80. The van der Waals surface area contributed by atoms with Gasteiger partial charge in [-0.3, -0.25) is 4.79 Å². The lowest BCUT2D eigenvalue weighted by atomic mass is 10.1. The number of amides is 1. The second-order valence-electron chi connectivity index (χ2n) is 8.24. The molecule has 4 heterocycles. The zero-order chi connectivity index (χ0) is 22.4. The predicted molar refractivity (Wildman–Crippen MR) is 131 cm³/mol. The van der Waals surface area contributed by atoms with E-state index in [9.17, 15) is 4.79 Å². The normalized spacial score (nSPS) is 14.3. The largest absolute Gasteiger partial charge is 0.338 e. The van der Waals surface area contributed by atoms with Crippen LogP contribution in [0.25, 0.3) is 27.3 Å². The standard InChI is InChI=1S/C25H22N6OS/c1-17-6-4-7-18(16-17)24(32)29-11-13-30(14-12-29)25-26-20-9-3-2-8-19(20)22-27-28-23(31(22)25)21-10-5-15-33-21/h2-10,15-16H,11-14H2,1H3. The zero-order valence-corrected chi connectivity index (χ0v) is 19.0. The number of hydrogen-bond donors (Lipinski definition) is 0. The number of carbonyl (C=O) groups is 1. The molecule has 0 bridgehead atoms. The van der Waals surface area contributed by atoms with Crippen molar-refractivity contribution in [2.75, 3.05) is 31.1 Å². The summed E-state index contributed by atoms with van der Waals surface area (Å²) in [4.78, 5) is 23.3. The van der Waals surface area contributed by atoms with Gasteiger partial charge < -0.3 is 9.80 Å². The van der Waals surface area contributed by atoms with Gasteiger partial charge in [-0.1, -0.05) is 35.9 Å². The Morgan fingerprint density at radius 1 is 0.939 bits per heavy atom. The minimum Gasteiger partial charge on any atom is -0.338 e. The van der Waals surface area contributed by atoms with E-state index in [-0.39, 0.29) is 5.91 Å². The lowest BCUT2D eigenvalue weighted by molar-refractivity contribution is 0.0746. The summed E-state index contributed by atoms with van der Waals surface area (Å²) in [6.07, 6.45) is 0. The number of fused-ring (bicyclic) bond motifs is 3. The summed E-state index contributed by atoms with van der Waals surface area (Å²) in [5.74, 6) is 1.70. The first-order valence-corrected chi connectivity index (χ1v) is 11.9. The van der Waals surface area contributed by atoms with E-state index in [4.69, 9.17) is 4.98 Å². The number of aryl methyl sites for hydroxylation is 1. The summed E-state index contributed by atoms with van der Waals surface area (Å²) in [6.45, 7) is 4.67. The SMILES string of the molecule is Cc1cccc(C(=O)N2CCN(c3nc4ccccc4c4nnc(-c5cccs5)n34)CC2)c1. The maximum absolute atomic E-state index is 13.0. The van der Waals surface area contributed by atoms with Crippen molar-refractivity contribution in [2.45, 2.75) is 6.92 Å². The fraction of sp³-hybridized carbons (Fsp3) is 0.200. The zero-order valence-electron chi connectivity index (χ0n) is 18.2. The molecule has 1 aliphatic rings. The highest BCUT2D eigenvalue weighted by molar-refractivity contribution is 7.13. The van der Waals surface area contributed by atoms with Crippen molar-refractivity contribution >= 4 is 39.7 Å². The van der Waals surface area contributed by atoms with Crippen LogP contribution in [0.4, 0.5) is 5.95 Å². The van der Waals surface area contributed by atoms with Crippen molar-refractivity contribution < 1.29 is 4.79 Å². The molecular weight excluding hydrogens is 432 g/mol. The van der Waals surface area contributed by atoms with E-state index in [0.717, 1.165) is 44.3 Å². The number of piperazine rings is 1. The van der Waals surface area contributed by atoms with Gasteiger partial charge in [0.15, 0.2) is 11.5 Å². The maximum Gasteiger partial charge on any atom is 0.253 e. The molecule has 7 nitrogen and oxygen atoms in total. The first-order valence-electron chi connectivity index (χ1n) is 11.0. The fourth-order valence-corrected chi connectivity index (χ4v) is 5.11. The van der Waals surface area contributed by atoms with Gasteiger partial charge in [-0.25, -0.2) is 9.38 Å². The number of para-hydroxylation sites is 1. The van der Waals surface area contributed by atoms with E-state index < -0.39 is 0 Å². The number of hydrogen-bond acceptors (Lipinski definition) is 6. The molecular formula is C25H22N6OS. The van der Waals surface area contributed by atoms with Crippen molar-refractivity contribution in [3.8, 4) is 10.7 Å². The van der Waals surface area contributed by atoms with Gasteiger partial charge in [0.1, 0.15) is 0 Å². The Bertz CT molecular complexity index is 1470. The molecule has 6 rings (SSSR count).